The largest absolute Gasteiger partial charge is 0.394 e. The second-order valence-electron chi connectivity index (χ2n) is 4.28. The zero-order chi connectivity index (χ0) is 15.3. The minimum atomic E-state index is -1.90. The van der Waals surface area contributed by atoms with Crippen molar-refractivity contribution in [2.75, 3.05) is 13.2 Å². The molecule has 1 rings (SSSR count). The third kappa shape index (κ3) is 3.55. The highest BCUT2D eigenvalue weighted by atomic mass is 16.5. The van der Waals surface area contributed by atoms with Gasteiger partial charge in [0.25, 0.3) is 5.56 Å². The summed E-state index contributed by atoms with van der Waals surface area (Å²) in [5.41, 5.74) is -3.36. The first kappa shape index (κ1) is 16.1. The van der Waals surface area contributed by atoms with Crippen LogP contribution in [0.1, 0.15) is 13.2 Å². The number of nitrogens with one attached hydrogen (secondary N) is 1. The van der Waals surface area contributed by atoms with Gasteiger partial charge in [-0.05, 0) is 6.92 Å². The smallest absolute Gasteiger partial charge is 0.330 e. The summed E-state index contributed by atoms with van der Waals surface area (Å²) < 4.78 is 6.13. The molecule has 2 atom stereocenters. The van der Waals surface area contributed by atoms with Gasteiger partial charge in [-0.1, -0.05) is 5.92 Å². The van der Waals surface area contributed by atoms with E-state index in [1.807, 2.05) is 4.98 Å². The Hall–Kier alpha value is -1.92. The number of nitrogens with zero attached hydrogens (tertiary/aromatic N) is 1. The zero-order valence-corrected chi connectivity index (χ0v) is 10.8. The summed E-state index contributed by atoms with van der Waals surface area (Å²) in [6.45, 7) is 0.151. The Kier molecular flexibility index (Phi) is 5.24. The summed E-state index contributed by atoms with van der Waals surface area (Å²) in [7, 11) is 0. The molecule has 0 aliphatic rings. The van der Waals surface area contributed by atoms with Crippen LogP contribution in [0.4, 0.5) is 0 Å². The van der Waals surface area contributed by atoms with Gasteiger partial charge in [0.2, 0.25) is 0 Å². The van der Waals surface area contributed by atoms with Gasteiger partial charge in [0.15, 0.2) is 11.8 Å². The van der Waals surface area contributed by atoms with Crippen molar-refractivity contribution in [2.45, 2.75) is 24.9 Å². The molecular weight excluding hydrogens is 268 g/mol. The lowest BCUT2D eigenvalue weighted by Crippen LogP contribution is -2.45. The number of hydrogen-bond acceptors (Lipinski definition) is 6. The number of terminal acetylenes is 1. The molecule has 1 heterocycles. The van der Waals surface area contributed by atoms with Crippen LogP contribution in [-0.2, 0) is 4.74 Å². The van der Waals surface area contributed by atoms with Gasteiger partial charge in [-0.2, -0.15) is 0 Å². The van der Waals surface area contributed by atoms with Crippen LogP contribution in [0, 0.1) is 12.3 Å². The fourth-order valence-electron chi connectivity index (χ4n) is 1.48. The molecule has 8 heteroatoms. The Labute approximate surface area is 114 Å². The fourth-order valence-corrected chi connectivity index (χ4v) is 1.48. The van der Waals surface area contributed by atoms with Gasteiger partial charge in [0, 0.05) is 12.3 Å². The molecule has 0 aromatic carbocycles. The monoisotopic (exact) mass is 284 g/mol. The van der Waals surface area contributed by atoms with E-state index in [0.29, 0.717) is 0 Å². The first-order valence-electron chi connectivity index (χ1n) is 5.74. The summed E-state index contributed by atoms with van der Waals surface area (Å²) in [5, 5.41) is 28.1. The molecule has 0 bridgehead atoms. The highest BCUT2D eigenvalue weighted by Gasteiger charge is 2.35. The molecule has 0 saturated heterocycles. The molecule has 0 amide bonds. The Balaban J connectivity index is 3.27. The van der Waals surface area contributed by atoms with E-state index in [1.165, 1.54) is 6.92 Å². The van der Waals surface area contributed by atoms with Gasteiger partial charge in [0.1, 0.15) is 6.10 Å². The second-order valence-corrected chi connectivity index (χ2v) is 4.28. The van der Waals surface area contributed by atoms with Gasteiger partial charge in [-0.25, -0.2) is 4.79 Å². The molecule has 1 aromatic heterocycles. The molecule has 1 aromatic rings. The van der Waals surface area contributed by atoms with E-state index >= 15 is 0 Å². The molecule has 0 fully saturated rings. The number of ether oxygens (including phenoxy) is 1. The molecule has 0 aliphatic heterocycles. The van der Waals surface area contributed by atoms with Gasteiger partial charge in [0.05, 0.1) is 13.2 Å². The third-order valence-electron chi connectivity index (χ3n) is 2.61. The van der Waals surface area contributed by atoms with E-state index in [2.05, 4.69) is 5.92 Å². The quantitative estimate of drug-likeness (QED) is 0.439. The van der Waals surface area contributed by atoms with Crippen LogP contribution in [0.2, 0.25) is 0 Å². The number of aliphatic hydroxyl groups is 3. The average molecular weight is 284 g/mol. The van der Waals surface area contributed by atoms with Crippen LogP contribution in [0.5, 0.6) is 0 Å². The van der Waals surface area contributed by atoms with Crippen molar-refractivity contribution in [3.63, 3.8) is 0 Å². The molecular formula is C12H16N2O6. The van der Waals surface area contributed by atoms with Gasteiger partial charge < -0.3 is 20.1 Å². The molecule has 4 N–H and O–H groups in total. The summed E-state index contributed by atoms with van der Waals surface area (Å²) in [5.74, 6) is 2.05. The van der Waals surface area contributed by atoms with E-state index in [1.54, 1.807) is 0 Å². The molecule has 0 aliphatic carbocycles. The number of aliphatic hydroxyl groups excluding tert-OH is 2. The normalized spacial score (nSPS) is 15.6. The first-order valence-corrected chi connectivity index (χ1v) is 5.74. The van der Waals surface area contributed by atoms with Crippen molar-refractivity contribution in [1.29, 1.82) is 0 Å². The SMILES string of the molecule is C#C[C@](C)(O)[C@@H](OC(CO)CO)n1ccc(=O)[nH]c1=O. The average Bonchev–Trinajstić information content (AvgIpc) is 2.41. The summed E-state index contributed by atoms with van der Waals surface area (Å²) >= 11 is 0. The lowest BCUT2D eigenvalue weighted by molar-refractivity contribution is -0.160. The minimum absolute atomic E-state index is 0.536. The van der Waals surface area contributed by atoms with Gasteiger partial charge in [-0.3, -0.25) is 14.3 Å². The Bertz CT molecular complexity index is 593. The Morgan fingerprint density at radius 3 is 2.55 bits per heavy atom. The lowest BCUT2D eigenvalue weighted by atomic mass is 10.1. The van der Waals surface area contributed by atoms with Crippen LogP contribution in [-0.4, -0.2) is 49.8 Å². The molecule has 110 valence electrons. The van der Waals surface area contributed by atoms with Gasteiger partial charge >= 0.3 is 5.69 Å². The standard InChI is InChI=1S/C12H16N2O6/c1-3-12(2,19)10(20-8(6-15)7-16)14-5-4-9(17)13-11(14)18/h1,4-5,8,10,15-16,19H,6-7H2,2H3,(H,13,17,18)/t10-,12+/m1/s1. The van der Waals surface area contributed by atoms with E-state index in [-0.39, 0.29) is 0 Å². The number of hydrogen-bond donors (Lipinski definition) is 4. The van der Waals surface area contributed by atoms with Crippen LogP contribution in [0.15, 0.2) is 21.9 Å². The van der Waals surface area contributed by atoms with Crippen LogP contribution >= 0.6 is 0 Å². The number of aromatic amines is 1. The lowest BCUT2D eigenvalue weighted by Gasteiger charge is -2.31. The Morgan fingerprint density at radius 2 is 2.10 bits per heavy atom. The number of H-pyrrole nitrogens is 1. The maximum atomic E-state index is 11.7. The van der Waals surface area contributed by atoms with Crippen LogP contribution < -0.4 is 11.2 Å². The van der Waals surface area contributed by atoms with E-state index in [9.17, 15) is 14.7 Å². The van der Waals surface area contributed by atoms with E-state index in [4.69, 9.17) is 21.4 Å². The number of aromatic nitrogens is 2. The molecule has 20 heavy (non-hydrogen) atoms. The predicted molar refractivity (Wildman–Crippen MR) is 68.9 cm³/mol. The molecule has 0 unspecified atom stereocenters. The van der Waals surface area contributed by atoms with Crippen molar-refractivity contribution < 1.29 is 20.1 Å². The molecule has 0 saturated carbocycles. The summed E-state index contributed by atoms with van der Waals surface area (Å²) in [6, 6.07) is 1.05. The van der Waals surface area contributed by atoms with Crippen LogP contribution in [0.25, 0.3) is 0 Å². The van der Waals surface area contributed by atoms with Crippen molar-refractivity contribution >= 4 is 0 Å². The van der Waals surface area contributed by atoms with Crippen molar-refractivity contribution in [3.05, 3.63) is 33.1 Å². The predicted octanol–water partition coefficient (Wildman–Crippen LogP) is -2.21. The van der Waals surface area contributed by atoms with Crippen molar-refractivity contribution in [3.8, 4) is 12.3 Å². The second kappa shape index (κ2) is 6.49. The van der Waals surface area contributed by atoms with Crippen LogP contribution in [0.3, 0.4) is 0 Å². The molecule has 0 radical (unpaired) electrons. The fraction of sp³-hybridized carbons (Fsp3) is 0.500. The maximum Gasteiger partial charge on any atom is 0.330 e. The zero-order valence-electron chi connectivity index (χ0n) is 10.8. The first-order chi connectivity index (χ1) is 9.35. The summed E-state index contributed by atoms with van der Waals surface area (Å²) in [4.78, 5) is 24.7. The molecule has 8 nitrogen and oxygen atoms in total. The highest BCUT2D eigenvalue weighted by Crippen LogP contribution is 2.23. The third-order valence-corrected chi connectivity index (χ3v) is 2.61. The van der Waals surface area contributed by atoms with Crippen molar-refractivity contribution in [2.24, 2.45) is 0 Å². The maximum absolute atomic E-state index is 11.7. The Morgan fingerprint density at radius 1 is 1.50 bits per heavy atom. The van der Waals surface area contributed by atoms with E-state index in [0.717, 1.165) is 16.8 Å². The van der Waals surface area contributed by atoms with E-state index < -0.39 is 42.4 Å². The summed E-state index contributed by atoms with van der Waals surface area (Å²) in [6.07, 6.45) is 3.86. The highest BCUT2D eigenvalue weighted by molar-refractivity contribution is 5.08. The van der Waals surface area contributed by atoms with Crippen molar-refractivity contribution in [1.82, 2.24) is 9.55 Å². The number of rotatable bonds is 6. The minimum Gasteiger partial charge on any atom is -0.394 e. The topological polar surface area (TPSA) is 125 Å². The van der Waals surface area contributed by atoms with Gasteiger partial charge in [-0.15, -0.1) is 6.42 Å². The molecule has 0 spiro atoms.